The summed E-state index contributed by atoms with van der Waals surface area (Å²) < 4.78 is 12.8. The number of halogens is 1. The van der Waals surface area contributed by atoms with Crippen LogP contribution in [-0.4, -0.2) is 6.61 Å². The highest BCUT2D eigenvalue weighted by Crippen LogP contribution is 2.48. The second kappa shape index (κ2) is 11.8. The normalized spacial score (nSPS) is 11.7. The molecule has 2 aromatic rings. The molecule has 0 unspecified atom stereocenters. The number of rotatable bonds is 11. The van der Waals surface area contributed by atoms with E-state index in [1.165, 1.54) is 24.8 Å². The first-order chi connectivity index (χ1) is 14.2. The number of para-hydroxylation sites is 1. The Hall–Kier alpha value is -1.71. The topological polar surface area (TPSA) is 44.5 Å². The van der Waals surface area contributed by atoms with Crippen molar-refractivity contribution in [2.24, 2.45) is 5.73 Å². The van der Waals surface area contributed by atoms with Gasteiger partial charge in [-0.25, -0.2) is 0 Å². The minimum absolute atomic E-state index is 0. The van der Waals surface area contributed by atoms with Crippen molar-refractivity contribution in [3.63, 3.8) is 0 Å². The Balaban J connectivity index is 0.00000480. The predicted molar refractivity (Wildman–Crippen MR) is 135 cm³/mol. The maximum Gasteiger partial charge on any atom is 0.173 e. The van der Waals surface area contributed by atoms with Crippen molar-refractivity contribution in [2.75, 3.05) is 6.61 Å². The molecule has 2 N–H and O–H groups in total. The van der Waals surface area contributed by atoms with Gasteiger partial charge in [-0.3, -0.25) is 0 Å². The molecule has 0 fully saturated rings. The van der Waals surface area contributed by atoms with Crippen LogP contribution in [0.4, 0.5) is 0 Å². The molecule has 0 radical (unpaired) electrons. The molecular formula is C27H42ClNO2. The lowest BCUT2D eigenvalue weighted by Gasteiger charge is -2.33. The molecule has 4 heteroatoms. The number of nitrogens with two attached hydrogens (primary N) is 1. The van der Waals surface area contributed by atoms with Crippen LogP contribution in [0.15, 0.2) is 36.4 Å². The average molecular weight is 448 g/mol. The molecule has 174 valence electrons. The van der Waals surface area contributed by atoms with E-state index in [0.29, 0.717) is 6.61 Å². The van der Waals surface area contributed by atoms with Gasteiger partial charge in [-0.15, -0.1) is 12.4 Å². The SMILES string of the molecule is CCCCCC(C)(C)c1cc(C(C)(C)N)c(CC)c(OCC)c1Oc1ccccc1.Cl. The monoisotopic (exact) mass is 447 g/mol. The van der Waals surface area contributed by atoms with Gasteiger partial charge in [-0.05, 0) is 62.8 Å². The third kappa shape index (κ3) is 6.89. The van der Waals surface area contributed by atoms with Crippen LogP contribution in [0.5, 0.6) is 17.2 Å². The highest BCUT2D eigenvalue weighted by molar-refractivity contribution is 5.85. The maximum absolute atomic E-state index is 6.64. The summed E-state index contributed by atoms with van der Waals surface area (Å²) in [5, 5.41) is 0. The van der Waals surface area contributed by atoms with Gasteiger partial charge in [0.1, 0.15) is 5.75 Å². The fourth-order valence-corrected chi connectivity index (χ4v) is 4.06. The number of benzene rings is 2. The number of unbranched alkanes of at least 4 members (excludes halogenated alkanes) is 2. The lowest BCUT2D eigenvalue weighted by molar-refractivity contribution is 0.310. The van der Waals surface area contributed by atoms with E-state index in [-0.39, 0.29) is 17.8 Å². The van der Waals surface area contributed by atoms with Gasteiger partial charge in [0.15, 0.2) is 11.5 Å². The van der Waals surface area contributed by atoms with Crippen molar-refractivity contribution in [1.82, 2.24) is 0 Å². The molecule has 3 nitrogen and oxygen atoms in total. The van der Waals surface area contributed by atoms with E-state index in [9.17, 15) is 0 Å². The van der Waals surface area contributed by atoms with E-state index in [0.717, 1.165) is 41.2 Å². The second-order valence-electron chi connectivity index (χ2n) is 9.37. The lowest BCUT2D eigenvalue weighted by atomic mass is 9.76. The van der Waals surface area contributed by atoms with Gasteiger partial charge in [0, 0.05) is 16.7 Å². The number of hydrogen-bond acceptors (Lipinski definition) is 3. The lowest BCUT2D eigenvalue weighted by Crippen LogP contribution is -2.31. The molecule has 2 aromatic carbocycles. The number of hydrogen-bond donors (Lipinski definition) is 1. The van der Waals surface area contributed by atoms with Crippen LogP contribution < -0.4 is 15.2 Å². The fourth-order valence-electron chi connectivity index (χ4n) is 4.06. The molecule has 2 rings (SSSR count). The summed E-state index contributed by atoms with van der Waals surface area (Å²) in [7, 11) is 0. The standard InChI is InChI=1S/C27H41NO2.ClH/c1-8-11-15-18-26(4,5)23-19-22(27(6,7)28)21(9-2)24(29-10-3)25(23)30-20-16-13-12-14-17-20;/h12-14,16-17,19H,8-11,15,18,28H2,1-7H3;1H. The van der Waals surface area contributed by atoms with E-state index >= 15 is 0 Å². The van der Waals surface area contributed by atoms with Gasteiger partial charge in [0.2, 0.25) is 0 Å². The van der Waals surface area contributed by atoms with Gasteiger partial charge in [-0.2, -0.15) is 0 Å². The summed E-state index contributed by atoms with van der Waals surface area (Å²) in [5.74, 6) is 2.51. The summed E-state index contributed by atoms with van der Waals surface area (Å²) in [6.07, 6.45) is 5.57. The summed E-state index contributed by atoms with van der Waals surface area (Å²) in [4.78, 5) is 0. The highest BCUT2D eigenvalue weighted by atomic mass is 35.5. The van der Waals surface area contributed by atoms with Crippen LogP contribution in [0.25, 0.3) is 0 Å². The van der Waals surface area contributed by atoms with Crippen molar-refractivity contribution >= 4 is 12.4 Å². The average Bonchev–Trinajstić information content (AvgIpc) is 2.68. The Morgan fingerprint density at radius 1 is 0.871 bits per heavy atom. The van der Waals surface area contributed by atoms with Gasteiger partial charge >= 0.3 is 0 Å². The Labute approximate surface area is 196 Å². The van der Waals surface area contributed by atoms with E-state index in [1.807, 2.05) is 37.3 Å². The zero-order valence-corrected chi connectivity index (χ0v) is 21.3. The van der Waals surface area contributed by atoms with Gasteiger partial charge < -0.3 is 15.2 Å². The largest absolute Gasteiger partial charge is 0.490 e. The number of ether oxygens (including phenoxy) is 2. The van der Waals surface area contributed by atoms with Crippen LogP contribution in [0.3, 0.4) is 0 Å². The van der Waals surface area contributed by atoms with E-state index in [2.05, 4.69) is 47.6 Å². The summed E-state index contributed by atoms with van der Waals surface area (Å²) in [6, 6.07) is 12.3. The quantitative estimate of drug-likeness (QED) is 0.356. The molecular weight excluding hydrogens is 406 g/mol. The molecule has 0 aliphatic carbocycles. The van der Waals surface area contributed by atoms with Crippen molar-refractivity contribution in [2.45, 2.75) is 91.5 Å². The molecule has 0 aliphatic rings. The van der Waals surface area contributed by atoms with Crippen molar-refractivity contribution in [3.05, 3.63) is 53.1 Å². The van der Waals surface area contributed by atoms with E-state index in [1.54, 1.807) is 0 Å². The van der Waals surface area contributed by atoms with Gasteiger partial charge in [0.25, 0.3) is 0 Å². The zero-order chi connectivity index (χ0) is 22.4. The van der Waals surface area contributed by atoms with E-state index < -0.39 is 5.54 Å². The Morgan fingerprint density at radius 2 is 1.52 bits per heavy atom. The molecule has 0 aromatic heterocycles. The van der Waals surface area contributed by atoms with Crippen LogP contribution >= 0.6 is 12.4 Å². The maximum atomic E-state index is 6.64. The summed E-state index contributed by atoms with van der Waals surface area (Å²) in [6.45, 7) is 15.8. The van der Waals surface area contributed by atoms with Crippen LogP contribution in [0.2, 0.25) is 0 Å². The third-order valence-corrected chi connectivity index (χ3v) is 5.77. The Kier molecular flexibility index (Phi) is 10.4. The fraction of sp³-hybridized carbons (Fsp3) is 0.556. The van der Waals surface area contributed by atoms with Gasteiger partial charge in [-0.1, -0.05) is 65.2 Å². The Bertz CT molecular complexity index is 810. The first-order valence-electron chi connectivity index (χ1n) is 11.5. The first-order valence-corrected chi connectivity index (χ1v) is 11.5. The van der Waals surface area contributed by atoms with Crippen molar-refractivity contribution in [1.29, 1.82) is 0 Å². The molecule has 0 saturated carbocycles. The van der Waals surface area contributed by atoms with Crippen LogP contribution in [0.1, 0.15) is 90.8 Å². The molecule has 0 atom stereocenters. The molecule has 31 heavy (non-hydrogen) atoms. The summed E-state index contributed by atoms with van der Waals surface area (Å²) in [5.41, 5.74) is 9.58. The van der Waals surface area contributed by atoms with Gasteiger partial charge in [0.05, 0.1) is 6.61 Å². The molecule has 0 spiro atoms. The van der Waals surface area contributed by atoms with Crippen molar-refractivity contribution in [3.8, 4) is 17.2 Å². The van der Waals surface area contributed by atoms with Crippen molar-refractivity contribution < 1.29 is 9.47 Å². The molecule has 0 bridgehead atoms. The van der Waals surface area contributed by atoms with E-state index in [4.69, 9.17) is 15.2 Å². The predicted octanol–water partition coefficient (Wildman–Crippen LogP) is 7.91. The van der Waals surface area contributed by atoms with Crippen LogP contribution in [-0.2, 0) is 17.4 Å². The Morgan fingerprint density at radius 3 is 2.03 bits per heavy atom. The molecule has 0 aliphatic heterocycles. The molecule has 0 heterocycles. The first kappa shape index (κ1) is 27.3. The zero-order valence-electron chi connectivity index (χ0n) is 20.5. The minimum atomic E-state index is -0.462. The summed E-state index contributed by atoms with van der Waals surface area (Å²) >= 11 is 0. The van der Waals surface area contributed by atoms with Crippen LogP contribution in [0, 0.1) is 0 Å². The highest BCUT2D eigenvalue weighted by Gasteiger charge is 2.32. The smallest absolute Gasteiger partial charge is 0.173 e. The molecule has 0 amide bonds. The second-order valence-corrected chi connectivity index (χ2v) is 9.37. The minimum Gasteiger partial charge on any atom is -0.490 e. The third-order valence-electron chi connectivity index (χ3n) is 5.77. The molecule has 0 saturated heterocycles.